The first-order chi connectivity index (χ1) is 10.0. The van der Waals surface area contributed by atoms with Crippen molar-refractivity contribution in [3.63, 3.8) is 0 Å². The van der Waals surface area contributed by atoms with Gasteiger partial charge in [0.25, 0.3) is 0 Å². The molecule has 1 unspecified atom stereocenters. The lowest BCUT2D eigenvalue weighted by Crippen LogP contribution is -2.12. The summed E-state index contributed by atoms with van der Waals surface area (Å²) in [7, 11) is 0. The highest BCUT2D eigenvalue weighted by Crippen LogP contribution is 2.32. The van der Waals surface area contributed by atoms with E-state index < -0.39 is 0 Å². The molecule has 5 heteroatoms. The van der Waals surface area contributed by atoms with Crippen molar-refractivity contribution in [2.45, 2.75) is 12.5 Å². The Kier molecular flexibility index (Phi) is 4.31. The van der Waals surface area contributed by atoms with Crippen molar-refractivity contribution in [1.82, 2.24) is 0 Å². The smallest absolute Gasteiger partial charge is 0.124 e. The largest absolute Gasteiger partial charge is 0.323 e. The summed E-state index contributed by atoms with van der Waals surface area (Å²) in [6, 6.07) is 12.5. The fourth-order valence-electron chi connectivity index (χ4n) is 2.23. The summed E-state index contributed by atoms with van der Waals surface area (Å²) in [6.07, 6.45) is 0.654. The lowest BCUT2D eigenvalue weighted by molar-refractivity contribution is 0.630. The van der Waals surface area contributed by atoms with Crippen molar-refractivity contribution in [1.29, 1.82) is 0 Å². The number of fused-ring (bicyclic) bond motifs is 1. The molecule has 3 aromatic rings. The third-order valence-electron chi connectivity index (χ3n) is 3.32. The Balaban J connectivity index is 1.87. The molecule has 1 heterocycles. The van der Waals surface area contributed by atoms with Crippen LogP contribution in [-0.4, -0.2) is 0 Å². The Morgan fingerprint density at radius 3 is 2.76 bits per heavy atom. The molecule has 0 saturated heterocycles. The zero-order valence-electron chi connectivity index (χ0n) is 10.9. The van der Waals surface area contributed by atoms with Gasteiger partial charge in [0.1, 0.15) is 5.82 Å². The van der Waals surface area contributed by atoms with E-state index in [1.807, 2.05) is 24.3 Å². The molecule has 2 aromatic carbocycles. The molecule has 3 rings (SSSR count). The fraction of sp³-hybridized carbons (Fsp3) is 0.125. The summed E-state index contributed by atoms with van der Waals surface area (Å²) in [5.41, 5.74) is 7.29. The van der Waals surface area contributed by atoms with Crippen LogP contribution >= 0.6 is 38.9 Å². The van der Waals surface area contributed by atoms with Crippen molar-refractivity contribution >= 4 is 49.0 Å². The van der Waals surface area contributed by atoms with E-state index >= 15 is 0 Å². The van der Waals surface area contributed by atoms with Crippen molar-refractivity contribution in [3.05, 3.63) is 68.2 Å². The van der Waals surface area contributed by atoms with Gasteiger partial charge < -0.3 is 5.73 Å². The van der Waals surface area contributed by atoms with Gasteiger partial charge in [0.15, 0.2) is 0 Å². The third kappa shape index (κ3) is 3.29. The summed E-state index contributed by atoms with van der Waals surface area (Å²) < 4.78 is 15.1. The topological polar surface area (TPSA) is 26.0 Å². The van der Waals surface area contributed by atoms with Crippen LogP contribution in [0.25, 0.3) is 10.1 Å². The lowest BCUT2D eigenvalue weighted by atomic mass is 10.0. The zero-order chi connectivity index (χ0) is 15.0. The molecule has 21 heavy (non-hydrogen) atoms. The van der Waals surface area contributed by atoms with E-state index in [1.165, 1.54) is 17.4 Å². The van der Waals surface area contributed by atoms with E-state index in [0.717, 1.165) is 25.0 Å². The monoisotopic (exact) mass is 383 g/mol. The maximum atomic E-state index is 13.2. The average Bonchev–Trinajstić information content (AvgIpc) is 2.85. The second-order valence-electron chi connectivity index (χ2n) is 4.88. The van der Waals surface area contributed by atoms with Gasteiger partial charge in [0, 0.05) is 25.1 Å². The van der Waals surface area contributed by atoms with Gasteiger partial charge in [-0.1, -0.05) is 39.7 Å². The average molecular weight is 385 g/mol. The van der Waals surface area contributed by atoms with Gasteiger partial charge in [0.05, 0.1) is 0 Å². The number of benzene rings is 2. The number of thiophene rings is 1. The van der Waals surface area contributed by atoms with Gasteiger partial charge >= 0.3 is 0 Å². The van der Waals surface area contributed by atoms with Crippen LogP contribution in [0, 0.1) is 5.82 Å². The Bertz CT molecular complexity index is 802. The van der Waals surface area contributed by atoms with Crippen molar-refractivity contribution in [2.75, 3.05) is 0 Å². The van der Waals surface area contributed by atoms with Crippen molar-refractivity contribution < 1.29 is 4.39 Å². The molecular weight excluding hydrogens is 373 g/mol. The molecule has 1 aromatic heterocycles. The van der Waals surface area contributed by atoms with Gasteiger partial charge in [-0.05, 0) is 47.7 Å². The van der Waals surface area contributed by atoms with Crippen LogP contribution in [0.1, 0.15) is 16.5 Å². The second-order valence-corrected chi connectivity index (χ2v) is 7.32. The van der Waals surface area contributed by atoms with Gasteiger partial charge in [-0.15, -0.1) is 11.3 Å². The molecule has 0 aliphatic heterocycles. The molecule has 1 nitrogen and oxygen atoms in total. The van der Waals surface area contributed by atoms with E-state index in [-0.39, 0.29) is 11.9 Å². The molecule has 0 aliphatic carbocycles. The molecule has 2 N–H and O–H groups in total. The minimum absolute atomic E-state index is 0.149. The molecule has 1 atom stereocenters. The Hall–Kier alpha value is -0.940. The summed E-state index contributed by atoms with van der Waals surface area (Å²) in [5.74, 6) is -0.222. The van der Waals surface area contributed by atoms with E-state index in [0.29, 0.717) is 11.4 Å². The van der Waals surface area contributed by atoms with E-state index in [2.05, 4.69) is 15.9 Å². The summed E-state index contributed by atoms with van der Waals surface area (Å²) >= 11 is 11.1. The lowest BCUT2D eigenvalue weighted by Gasteiger charge is -2.11. The van der Waals surface area contributed by atoms with E-state index in [9.17, 15) is 4.39 Å². The first-order valence-electron chi connectivity index (χ1n) is 6.41. The normalized spacial score (nSPS) is 12.8. The molecule has 108 valence electrons. The Morgan fingerprint density at radius 2 is 2.00 bits per heavy atom. The minimum atomic E-state index is -0.222. The van der Waals surface area contributed by atoms with Crippen LogP contribution in [0.4, 0.5) is 4.39 Å². The Morgan fingerprint density at radius 1 is 1.19 bits per heavy atom. The molecule has 0 aliphatic rings. The van der Waals surface area contributed by atoms with Crippen molar-refractivity contribution in [3.8, 4) is 0 Å². The standard InChI is InChI=1S/C16H12BrClFNS/c17-11-3-1-9(13(18)7-11)5-14(20)16-6-10-2-4-12(19)8-15(10)21-16/h1-4,6-8,14H,5,20H2. The first-order valence-corrected chi connectivity index (χ1v) is 8.40. The molecule has 0 radical (unpaired) electrons. The molecule has 0 spiro atoms. The van der Waals surface area contributed by atoms with Crippen molar-refractivity contribution in [2.24, 2.45) is 5.73 Å². The van der Waals surface area contributed by atoms with Crippen LogP contribution < -0.4 is 5.73 Å². The van der Waals surface area contributed by atoms with Crippen LogP contribution in [0.3, 0.4) is 0 Å². The molecule has 0 saturated carbocycles. The fourth-order valence-corrected chi connectivity index (χ4v) is 4.07. The number of rotatable bonds is 3. The molecular formula is C16H12BrClFNS. The molecule has 0 bridgehead atoms. The number of hydrogen-bond acceptors (Lipinski definition) is 2. The maximum absolute atomic E-state index is 13.2. The zero-order valence-corrected chi connectivity index (χ0v) is 14.1. The summed E-state index contributed by atoms with van der Waals surface area (Å²) in [5, 5.41) is 1.72. The third-order valence-corrected chi connectivity index (χ3v) is 5.40. The number of nitrogens with two attached hydrogens (primary N) is 1. The van der Waals surface area contributed by atoms with E-state index in [4.69, 9.17) is 17.3 Å². The molecule has 0 amide bonds. The van der Waals surface area contributed by atoms with Gasteiger partial charge in [-0.2, -0.15) is 0 Å². The molecule has 0 fully saturated rings. The predicted octanol–water partition coefficient (Wildman–Crippen LogP) is 5.70. The summed E-state index contributed by atoms with van der Waals surface area (Å²) in [4.78, 5) is 1.04. The highest BCUT2D eigenvalue weighted by Gasteiger charge is 2.13. The van der Waals surface area contributed by atoms with Crippen LogP contribution in [0.2, 0.25) is 5.02 Å². The SMILES string of the molecule is NC(Cc1ccc(Br)cc1Cl)c1cc2ccc(F)cc2s1. The highest BCUT2D eigenvalue weighted by molar-refractivity contribution is 9.10. The highest BCUT2D eigenvalue weighted by atomic mass is 79.9. The number of halogens is 3. The van der Waals surface area contributed by atoms with Crippen LogP contribution in [-0.2, 0) is 6.42 Å². The second kappa shape index (κ2) is 6.05. The first kappa shape index (κ1) is 15.0. The van der Waals surface area contributed by atoms with Crippen LogP contribution in [0.15, 0.2) is 46.9 Å². The van der Waals surface area contributed by atoms with Gasteiger partial charge in [-0.3, -0.25) is 0 Å². The Labute approximate surface area is 139 Å². The number of hydrogen-bond donors (Lipinski definition) is 1. The minimum Gasteiger partial charge on any atom is -0.323 e. The van der Waals surface area contributed by atoms with E-state index in [1.54, 1.807) is 12.1 Å². The maximum Gasteiger partial charge on any atom is 0.124 e. The van der Waals surface area contributed by atoms with Gasteiger partial charge in [0.2, 0.25) is 0 Å². The predicted molar refractivity (Wildman–Crippen MR) is 91.6 cm³/mol. The van der Waals surface area contributed by atoms with Gasteiger partial charge in [-0.25, -0.2) is 4.39 Å². The summed E-state index contributed by atoms with van der Waals surface area (Å²) in [6.45, 7) is 0. The quantitative estimate of drug-likeness (QED) is 0.616. The van der Waals surface area contributed by atoms with Crippen LogP contribution in [0.5, 0.6) is 0 Å².